The molecule has 2 aliphatic heterocycles. The highest BCUT2D eigenvalue weighted by molar-refractivity contribution is 5.36. The minimum Gasteiger partial charge on any atom is -0.385 e. The molecule has 2 bridgehead atoms. The van der Waals surface area contributed by atoms with Crippen LogP contribution in [0, 0.1) is 17.1 Å². The van der Waals surface area contributed by atoms with Crippen LogP contribution in [0.1, 0.15) is 42.4 Å². The number of fused-ring (bicyclic) bond motifs is 2. The Balaban J connectivity index is 1.60. The van der Waals surface area contributed by atoms with Crippen molar-refractivity contribution in [2.24, 2.45) is 0 Å². The average Bonchev–Trinajstić information content (AvgIpc) is 2.88. The summed E-state index contributed by atoms with van der Waals surface area (Å²) < 4.78 is 13.9. The van der Waals surface area contributed by atoms with E-state index in [4.69, 9.17) is 5.26 Å². The van der Waals surface area contributed by atoms with E-state index in [0.717, 1.165) is 24.9 Å². The van der Waals surface area contributed by atoms with Crippen molar-refractivity contribution in [1.82, 2.24) is 4.90 Å². The zero-order valence-corrected chi connectivity index (χ0v) is 14.7. The number of nitriles is 1. The molecule has 3 nitrogen and oxygen atoms in total. The van der Waals surface area contributed by atoms with Crippen LogP contribution in [0.5, 0.6) is 0 Å². The summed E-state index contributed by atoms with van der Waals surface area (Å²) in [4.78, 5) is 2.49. The van der Waals surface area contributed by atoms with Crippen LogP contribution >= 0.6 is 0 Å². The van der Waals surface area contributed by atoms with Crippen molar-refractivity contribution in [2.45, 2.75) is 56.3 Å². The maximum absolute atomic E-state index is 13.9. The Bertz CT molecular complexity index is 816. The molecule has 0 amide bonds. The van der Waals surface area contributed by atoms with Gasteiger partial charge in [0, 0.05) is 18.6 Å². The van der Waals surface area contributed by atoms with Crippen LogP contribution < -0.4 is 0 Å². The molecule has 2 unspecified atom stereocenters. The van der Waals surface area contributed by atoms with Crippen LogP contribution in [0.2, 0.25) is 0 Å². The lowest BCUT2D eigenvalue weighted by Gasteiger charge is -2.44. The topological polar surface area (TPSA) is 47.3 Å². The summed E-state index contributed by atoms with van der Waals surface area (Å²) in [7, 11) is 0. The molecule has 0 saturated carbocycles. The van der Waals surface area contributed by atoms with E-state index < -0.39 is 5.60 Å². The minimum atomic E-state index is -1.05. The summed E-state index contributed by atoms with van der Waals surface area (Å²) >= 11 is 0. The molecular formula is C22H23FN2O. The molecule has 2 aliphatic rings. The number of aliphatic hydroxyl groups is 1. The Morgan fingerprint density at radius 1 is 1.12 bits per heavy atom. The number of nitrogens with zero attached hydrogens (tertiary/aromatic N) is 2. The molecule has 134 valence electrons. The number of hydrogen-bond acceptors (Lipinski definition) is 3. The molecule has 2 heterocycles. The summed E-state index contributed by atoms with van der Waals surface area (Å²) in [5.74, 6) is -0.353. The fourth-order valence-corrected chi connectivity index (χ4v) is 4.81. The van der Waals surface area contributed by atoms with Crippen molar-refractivity contribution >= 4 is 0 Å². The standard InChI is InChI=1S/C22H23FN2O/c23-18-7-6-17(10-11-24)21(12-18)22(26)13-19-8-9-20(14-22)25(19)15-16-4-2-1-3-5-16/h1-7,12,19-20,26H,8-10,13-15H2. The second-order valence-corrected chi connectivity index (χ2v) is 7.62. The number of halogens is 1. The fourth-order valence-electron chi connectivity index (χ4n) is 4.81. The highest BCUT2D eigenvalue weighted by atomic mass is 19.1. The Morgan fingerprint density at radius 2 is 1.81 bits per heavy atom. The van der Waals surface area contributed by atoms with Crippen LogP contribution in [-0.2, 0) is 18.6 Å². The average molecular weight is 350 g/mol. The van der Waals surface area contributed by atoms with Crippen molar-refractivity contribution in [1.29, 1.82) is 5.26 Å². The van der Waals surface area contributed by atoms with E-state index in [9.17, 15) is 9.50 Å². The van der Waals surface area contributed by atoms with Gasteiger partial charge in [0.05, 0.1) is 18.1 Å². The van der Waals surface area contributed by atoms with E-state index in [1.165, 1.54) is 17.7 Å². The molecule has 26 heavy (non-hydrogen) atoms. The van der Waals surface area contributed by atoms with Gasteiger partial charge in [0.25, 0.3) is 0 Å². The number of piperidine rings is 1. The number of hydrogen-bond donors (Lipinski definition) is 1. The second-order valence-electron chi connectivity index (χ2n) is 7.62. The normalized spacial score (nSPS) is 28.0. The Morgan fingerprint density at radius 3 is 2.46 bits per heavy atom. The smallest absolute Gasteiger partial charge is 0.123 e. The Hall–Kier alpha value is -2.22. The monoisotopic (exact) mass is 350 g/mol. The third kappa shape index (κ3) is 3.13. The van der Waals surface area contributed by atoms with E-state index in [1.807, 2.05) is 6.07 Å². The van der Waals surface area contributed by atoms with Gasteiger partial charge in [-0.15, -0.1) is 0 Å². The fraction of sp³-hybridized carbons (Fsp3) is 0.409. The molecule has 4 rings (SSSR count). The van der Waals surface area contributed by atoms with Gasteiger partial charge < -0.3 is 5.11 Å². The molecule has 2 fully saturated rings. The molecule has 0 aliphatic carbocycles. The highest BCUT2D eigenvalue weighted by Crippen LogP contribution is 2.47. The summed E-state index contributed by atoms with van der Waals surface area (Å²) in [6, 6.07) is 17.6. The van der Waals surface area contributed by atoms with Crippen LogP contribution in [0.3, 0.4) is 0 Å². The van der Waals surface area contributed by atoms with Crippen molar-refractivity contribution in [3.8, 4) is 6.07 Å². The van der Waals surface area contributed by atoms with Crippen LogP contribution in [0.15, 0.2) is 48.5 Å². The van der Waals surface area contributed by atoms with Gasteiger partial charge in [-0.1, -0.05) is 36.4 Å². The lowest BCUT2D eigenvalue weighted by Crippen LogP contribution is -2.49. The van der Waals surface area contributed by atoms with Crippen LogP contribution in [-0.4, -0.2) is 22.1 Å². The molecule has 2 saturated heterocycles. The van der Waals surface area contributed by atoms with E-state index in [0.29, 0.717) is 18.4 Å². The Kier molecular flexibility index (Phi) is 4.52. The van der Waals surface area contributed by atoms with Crippen molar-refractivity contribution in [2.75, 3.05) is 0 Å². The maximum Gasteiger partial charge on any atom is 0.123 e. The van der Waals surface area contributed by atoms with Gasteiger partial charge in [-0.05, 0) is 54.5 Å². The summed E-state index contributed by atoms with van der Waals surface area (Å²) in [6.45, 7) is 0.889. The molecule has 0 spiro atoms. The first-order valence-corrected chi connectivity index (χ1v) is 9.27. The molecule has 4 heteroatoms. The van der Waals surface area contributed by atoms with Gasteiger partial charge in [-0.3, -0.25) is 4.90 Å². The first-order valence-electron chi connectivity index (χ1n) is 9.27. The Labute approximate surface area is 153 Å². The van der Waals surface area contributed by atoms with Gasteiger partial charge >= 0.3 is 0 Å². The SMILES string of the molecule is N#CCc1ccc(F)cc1C1(O)CC2CCC(C1)N2Cc1ccccc1. The summed E-state index contributed by atoms with van der Waals surface area (Å²) in [6.07, 6.45) is 3.50. The number of rotatable bonds is 4. The molecule has 2 atom stereocenters. The van der Waals surface area contributed by atoms with Gasteiger partial charge in [0.1, 0.15) is 5.82 Å². The third-order valence-corrected chi connectivity index (χ3v) is 5.97. The van der Waals surface area contributed by atoms with E-state index in [-0.39, 0.29) is 24.3 Å². The predicted molar refractivity (Wildman–Crippen MR) is 97.6 cm³/mol. The van der Waals surface area contributed by atoms with Gasteiger partial charge in [-0.25, -0.2) is 4.39 Å². The highest BCUT2D eigenvalue weighted by Gasteiger charge is 2.48. The van der Waals surface area contributed by atoms with Gasteiger partial charge in [0.15, 0.2) is 0 Å². The molecule has 0 aromatic heterocycles. The van der Waals surface area contributed by atoms with Crippen molar-refractivity contribution < 1.29 is 9.50 Å². The molecule has 1 N–H and O–H groups in total. The van der Waals surface area contributed by atoms with Crippen LogP contribution in [0.4, 0.5) is 4.39 Å². The first-order chi connectivity index (χ1) is 12.6. The van der Waals surface area contributed by atoms with E-state index in [1.54, 1.807) is 6.07 Å². The van der Waals surface area contributed by atoms with Crippen molar-refractivity contribution in [3.63, 3.8) is 0 Å². The minimum absolute atomic E-state index is 0.195. The molecule has 2 aromatic rings. The largest absolute Gasteiger partial charge is 0.385 e. The van der Waals surface area contributed by atoms with Crippen LogP contribution in [0.25, 0.3) is 0 Å². The van der Waals surface area contributed by atoms with E-state index >= 15 is 0 Å². The quantitative estimate of drug-likeness (QED) is 0.909. The molecule has 2 aromatic carbocycles. The van der Waals surface area contributed by atoms with Gasteiger partial charge in [-0.2, -0.15) is 5.26 Å². The zero-order chi connectivity index (χ0) is 18.1. The number of benzene rings is 2. The maximum atomic E-state index is 13.9. The second kappa shape index (κ2) is 6.83. The third-order valence-electron chi connectivity index (χ3n) is 5.97. The molecule has 0 radical (unpaired) electrons. The lowest BCUT2D eigenvalue weighted by atomic mass is 9.78. The molecular weight excluding hydrogens is 327 g/mol. The first kappa shape index (κ1) is 17.2. The zero-order valence-electron chi connectivity index (χ0n) is 14.7. The summed E-state index contributed by atoms with van der Waals surface area (Å²) in [5.41, 5.74) is 1.58. The van der Waals surface area contributed by atoms with E-state index in [2.05, 4.69) is 35.2 Å². The predicted octanol–water partition coefficient (Wildman–Crippen LogP) is 3.91. The lowest BCUT2D eigenvalue weighted by molar-refractivity contribution is -0.0601. The van der Waals surface area contributed by atoms with Crippen molar-refractivity contribution in [3.05, 3.63) is 71.0 Å². The van der Waals surface area contributed by atoms with Gasteiger partial charge in [0.2, 0.25) is 0 Å². The summed E-state index contributed by atoms with van der Waals surface area (Å²) in [5, 5.41) is 20.5.